The average molecular weight is 435 g/mol. The zero-order valence-electron chi connectivity index (χ0n) is 18.1. The molecule has 0 bridgehead atoms. The highest BCUT2D eigenvalue weighted by Gasteiger charge is 2.30. The van der Waals surface area contributed by atoms with Crippen LogP contribution in [0.4, 0.5) is 0 Å². The van der Waals surface area contributed by atoms with Crippen molar-refractivity contribution in [2.45, 2.75) is 51.6 Å². The number of H-pyrrole nitrogens is 1. The lowest BCUT2D eigenvalue weighted by molar-refractivity contribution is 0.0905. The van der Waals surface area contributed by atoms with Crippen molar-refractivity contribution in [2.24, 2.45) is 11.8 Å². The Balaban J connectivity index is 1.29. The van der Waals surface area contributed by atoms with Crippen molar-refractivity contribution < 1.29 is 14.0 Å². The third kappa shape index (κ3) is 4.42. The van der Waals surface area contributed by atoms with E-state index in [0.29, 0.717) is 29.1 Å². The summed E-state index contributed by atoms with van der Waals surface area (Å²) in [5.41, 5.74) is 1.43. The molecule has 9 heteroatoms. The summed E-state index contributed by atoms with van der Waals surface area (Å²) in [6.45, 7) is 4.01. The Morgan fingerprint density at radius 2 is 1.69 bits per heavy atom. The molecule has 3 N–H and O–H groups in total. The molecule has 32 heavy (non-hydrogen) atoms. The van der Waals surface area contributed by atoms with E-state index in [1.54, 1.807) is 0 Å². The molecule has 0 unspecified atom stereocenters. The van der Waals surface area contributed by atoms with Gasteiger partial charge in [-0.2, -0.15) is 0 Å². The molecule has 2 saturated carbocycles. The molecule has 166 valence electrons. The predicted octanol–water partition coefficient (Wildman–Crippen LogP) is 3.18. The highest BCUT2D eigenvalue weighted by Crippen LogP contribution is 2.33. The van der Waals surface area contributed by atoms with Gasteiger partial charge >= 0.3 is 0 Å². The smallest absolute Gasteiger partial charge is 0.291 e. The first kappa shape index (κ1) is 20.4. The molecule has 0 radical (unpaired) electrons. The summed E-state index contributed by atoms with van der Waals surface area (Å²) in [7, 11) is 0. The molecule has 3 aromatic rings. The van der Waals surface area contributed by atoms with E-state index in [0.717, 1.165) is 31.2 Å². The Bertz CT molecular complexity index is 1060. The molecular weight excluding hydrogens is 408 g/mol. The van der Waals surface area contributed by atoms with Crippen LogP contribution in [0.1, 0.15) is 60.7 Å². The van der Waals surface area contributed by atoms with E-state index < -0.39 is 0 Å². The van der Waals surface area contributed by atoms with E-state index in [-0.39, 0.29) is 35.5 Å². The van der Waals surface area contributed by atoms with Crippen molar-refractivity contribution in [3.63, 3.8) is 0 Å². The van der Waals surface area contributed by atoms with Crippen LogP contribution in [0, 0.1) is 11.8 Å². The van der Waals surface area contributed by atoms with Crippen LogP contribution in [-0.4, -0.2) is 44.1 Å². The third-order valence-electron chi connectivity index (χ3n) is 6.18. The Kier molecular flexibility index (Phi) is 5.24. The second kappa shape index (κ2) is 8.22. The quantitative estimate of drug-likeness (QED) is 0.500. The molecule has 0 saturated heterocycles. The maximum absolute atomic E-state index is 12.4. The van der Waals surface area contributed by atoms with Crippen molar-refractivity contribution in [3.8, 4) is 22.8 Å². The van der Waals surface area contributed by atoms with E-state index in [4.69, 9.17) is 4.42 Å². The number of rotatable bonds is 8. The number of carbonyl (C=O) groups excluding carboxylic acids is 2. The van der Waals surface area contributed by atoms with Gasteiger partial charge in [0, 0.05) is 23.2 Å². The van der Waals surface area contributed by atoms with Gasteiger partial charge in [-0.3, -0.25) is 14.7 Å². The van der Waals surface area contributed by atoms with Crippen molar-refractivity contribution >= 4 is 11.8 Å². The Labute approximate surface area is 185 Å². The Morgan fingerprint density at radius 1 is 1.03 bits per heavy atom. The van der Waals surface area contributed by atoms with E-state index >= 15 is 0 Å². The van der Waals surface area contributed by atoms with Crippen LogP contribution in [0.3, 0.4) is 0 Å². The average Bonchev–Trinajstić information content (AvgIpc) is 3.72. The van der Waals surface area contributed by atoms with Crippen LogP contribution >= 0.6 is 0 Å². The summed E-state index contributed by atoms with van der Waals surface area (Å²) in [5, 5.41) is 12.8. The van der Waals surface area contributed by atoms with Crippen molar-refractivity contribution in [1.29, 1.82) is 0 Å². The van der Waals surface area contributed by atoms with Gasteiger partial charge < -0.3 is 15.1 Å². The minimum atomic E-state index is -0.285. The van der Waals surface area contributed by atoms with Crippen LogP contribution in [-0.2, 0) is 0 Å². The lowest BCUT2D eigenvalue weighted by Crippen LogP contribution is -2.34. The Hall–Kier alpha value is -3.49. The zero-order chi connectivity index (χ0) is 22.2. The largest absolute Gasteiger partial charge is 0.431 e. The lowest BCUT2D eigenvalue weighted by Gasteiger charge is -2.10. The third-order valence-corrected chi connectivity index (χ3v) is 6.18. The maximum atomic E-state index is 12.4. The number of nitrogens with zero attached hydrogens (tertiary/aromatic N) is 3. The second-order valence-corrected chi connectivity index (χ2v) is 8.82. The number of carbonyl (C=O) groups is 2. The fourth-order valence-electron chi connectivity index (χ4n) is 3.78. The fourth-order valence-corrected chi connectivity index (χ4v) is 3.78. The number of benzene rings is 1. The summed E-state index contributed by atoms with van der Waals surface area (Å²) >= 11 is 0. The molecule has 2 aromatic heterocycles. The van der Waals surface area contributed by atoms with Crippen molar-refractivity contribution in [3.05, 3.63) is 42.0 Å². The van der Waals surface area contributed by atoms with Crippen molar-refractivity contribution in [1.82, 2.24) is 30.8 Å². The predicted molar refractivity (Wildman–Crippen MR) is 117 cm³/mol. The SMILES string of the molecule is C[C@@H](NC(=O)c1n[nH]c(-c2cccc(-c3ncc(C(=O)N[C@H](C)C4CC4)o3)c2)n1)C1CC1. The molecule has 2 atom stereocenters. The van der Waals surface area contributed by atoms with E-state index in [1.807, 2.05) is 38.1 Å². The van der Waals surface area contributed by atoms with Crippen molar-refractivity contribution in [2.75, 3.05) is 0 Å². The molecule has 0 spiro atoms. The van der Waals surface area contributed by atoms with Crippen LogP contribution in [0.15, 0.2) is 34.9 Å². The van der Waals surface area contributed by atoms with Gasteiger partial charge in [0.05, 0.1) is 6.20 Å². The molecule has 2 aliphatic rings. The van der Waals surface area contributed by atoms with E-state index in [9.17, 15) is 9.59 Å². The standard InChI is InChI=1S/C23H26N6O3/c1-12(14-6-7-14)25-21(30)18-11-24-23(32-18)17-5-3-4-16(10-17)19-27-20(29-28-19)22(31)26-13(2)15-8-9-15/h3-5,10-15H,6-9H2,1-2H3,(H,25,30)(H,26,31)(H,27,28,29)/t12-,13-/m1/s1. The van der Waals surface area contributed by atoms with Gasteiger partial charge in [-0.1, -0.05) is 12.1 Å². The maximum Gasteiger partial charge on any atom is 0.291 e. The number of oxazole rings is 1. The summed E-state index contributed by atoms with van der Waals surface area (Å²) in [6.07, 6.45) is 6.05. The summed E-state index contributed by atoms with van der Waals surface area (Å²) < 4.78 is 5.71. The van der Waals surface area contributed by atoms with Crippen LogP contribution in [0.5, 0.6) is 0 Å². The first-order valence-corrected chi connectivity index (χ1v) is 11.1. The number of amides is 2. The van der Waals surface area contributed by atoms with Gasteiger partial charge in [-0.15, -0.1) is 5.10 Å². The molecule has 2 aliphatic carbocycles. The van der Waals surface area contributed by atoms with E-state index in [1.165, 1.54) is 6.20 Å². The van der Waals surface area contributed by atoms with Gasteiger partial charge in [0.1, 0.15) is 0 Å². The molecule has 2 fully saturated rings. The second-order valence-electron chi connectivity index (χ2n) is 8.82. The lowest BCUT2D eigenvalue weighted by atomic mass is 10.1. The minimum absolute atomic E-state index is 0.109. The minimum Gasteiger partial charge on any atom is -0.431 e. The van der Waals surface area contributed by atoms with Crippen LogP contribution in [0.2, 0.25) is 0 Å². The summed E-state index contributed by atoms with van der Waals surface area (Å²) in [4.78, 5) is 33.4. The highest BCUT2D eigenvalue weighted by molar-refractivity contribution is 5.92. The van der Waals surface area contributed by atoms with Gasteiger partial charge in [-0.25, -0.2) is 9.97 Å². The fraction of sp³-hybridized carbons (Fsp3) is 0.435. The number of aromatic nitrogens is 4. The normalized spacial score (nSPS) is 17.6. The molecule has 2 heterocycles. The Morgan fingerprint density at radius 3 is 2.38 bits per heavy atom. The van der Waals surface area contributed by atoms with E-state index in [2.05, 4.69) is 30.8 Å². The molecule has 1 aromatic carbocycles. The van der Waals surface area contributed by atoms with Gasteiger partial charge in [0.15, 0.2) is 5.82 Å². The number of aromatic amines is 1. The monoisotopic (exact) mass is 434 g/mol. The highest BCUT2D eigenvalue weighted by atomic mass is 16.4. The van der Waals surface area contributed by atoms with Gasteiger partial charge in [-0.05, 0) is 63.5 Å². The zero-order valence-corrected chi connectivity index (χ0v) is 18.1. The first-order valence-electron chi connectivity index (χ1n) is 11.1. The van der Waals surface area contributed by atoms with Gasteiger partial charge in [0.25, 0.3) is 11.8 Å². The molecular formula is C23H26N6O3. The molecule has 0 aliphatic heterocycles. The van der Waals surface area contributed by atoms with Gasteiger partial charge in [0.2, 0.25) is 17.5 Å². The van der Waals surface area contributed by atoms with Crippen LogP contribution in [0.25, 0.3) is 22.8 Å². The number of nitrogens with one attached hydrogen (secondary N) is 3. The number of hydrogen-bond donors (Lipinski definition) is 3. The summed E-state index contributed by atoms with van der Waals surface area (Å²) in [6, 6.07) is 7.61. The van der Waals surface area contributed by atoms with Crippen LogP contribution < -0.4 is 10.6 Å². The topological polar surface area (TPSA) is 126 Å². The summed E-state index contributed by atoms with van der Waals surface area (Å²) in [5.74, 6) is 1.67. The molecule has 5 rings (SSSR count). The molecule has 9 nitrogen and oxygen atoms in total. The first-order chi connectivity index (χ1) is 15.5. The number of hydrogen-bond acceptors (Lipinski definition) is 6. The molecule has 2 amide bonds.